The monoisotopic (exact) mass is 286 g/mol. The van der Waals surface area contributed by atoms with Crippen molar-refractivity contribution < 1.29 is 24.9 Å². The Labute approximate surface area is 112 Å². The van der Waals surface area contributed by atoms with Crippen LogP contribution in [0.1, 0.15) is 13.2 Å². The van der Waals surface area contributed by atoms with Crippen LogP contribution in [0.5, 0.6) is 0 Å². The maximum atomic E-state index is 11.6. The molecule has 2 rings (SSSR count). The van der Waals surface area contributed by atoms with Crippen molar-refractivity contribution in [1.29, 1.82) is 0 Å². The lowest BCUT2D eigenvalue weighted by atomic mass is 10.0. The van der Waals surface area contributed by atoms with E-state index < -0.39 is 47.7 Å². The van der Waals surface area contributed by atoms with E-state index in [1.54, 1.807) is 0 Å². The van der Waals surface area contributed by atoms with Gasteiger partial charge in [0.2, 0.25) is 0 Å². The summed E-state index contributed by atoms with van der Waals surface area (Å²) in [7, 11) is 0. The first kappa shape index (κ1) is 14.6. The summed E-state index contributed by atoms with van der Waals surface area (Å²) in [5, 5.41) is 29.2. The molecule has 1 aromatic rings. The fourth-order valence-electron chi connectivity index (χ4n) is 2.04. The van der Waals surface area contributed by atoms with Gasteiger partial charge in [-0.3, -0.25) is 19.1 Å². The van der Waals surface area contributed by atoms with Crippen LogP contribution in [0.25, 0.3) is 0 Å². The Morgan fingerprint density at radius 3 is 2.60 bits per heavy atom. The molecular formula is C11H14N2O7. The number of aliphatic hydroxyl groups is 3. The smallest absolute Gasteiger partial charge is 0.330 e. The summed E-state index contributed by atoms with van der Waals surface area (Å²) in [6.07, 6.45) is -6.28. The first-order chi connectivity index (χ1) is 9.32. The Kier molecular flexibility index (Phi) is 3.86. The van der Waals surface area contributed by atoms with Gasteiger partial charge in [-0.25, -0.2) is 4.79 Å². The van der Waals surface area contributed by atoms with E-state index in [4.69, 9.17) is 4.74 Å². The maximum absolute atomic E-state index is 11.6. The number of nitrogens with zero attached hydrogens (tertiary/aromatic N) is 1. The molecule has 0 saturated carbocycles. The number of hydrogen-bond donors (Lipinski definition) is 4. The number of Topliss-reactive ketones (excluding diaryl/α,β-unsaturated/α-hetero) is 1. The minimum absolute atomic E-state index is 0.625. The van der Waals surface area contributed by atoms with Gasteiger partial charge in [0.15, 0.2) is 12.0 Å². The highest BCUT2D eigenvalue weighted by Gasteiger charge is 2.48. The number of ketones is 1. The molecule has 0 aliphatic carbocycles. The van der Waals surface area contributed by atoms with Crippen molar-refractivity contribution in [1.82, 2.24) is 9.55 Å². The summed E-state index contributed by atoms with van der Waals surface area (Å²) in [5.41, 5.74) is -1.47. The molecule has 4 N–H and O–H groups in total. The first-order valence-corrected chi connectivity index (χ1v) is 5.84. The second kappa shape index (κ2) is 5.29. The van der Waals surface area contributed by atoms with E-state index in [0.717, 1.165) is 23.8 Å². The van der Waals surface area contributed by atoms with E-state index in [1.165, 1.54) is 0 Å². The van der Waals surface area contributed by atoms with Crippen LogP contribution in [0.15, 0.2) is 21.9 Å². The number of carbonyl (C=O) groups excluding carboxylic acids is 1. The lowest BCUT2D eigenvalue weighted by Crippen LogP contribution is -2.42. The van der Waals surface area contributed by atoms with Gasteiger partial charge in [-0.2, -0.15) is 0 Å². The summed E-state index contributed by atoms with van der Waals surface area (Å²) < 4.78 is 6.05. The van der Waals surface area contributed by atoms with Crippen molar-refractivity contribution in [3.05, 3.63) is 33.1 Å². The molecule has 0 unspecified atom stereocenters. The Morgan fingerprint density at radius 2 is 2.05 bits per heavy atom. The minimum Gasteiger partial charge on any atom is -0.387 e. The van der Waals surface area contributed by atoms with Gasteiger partial charge < -0.3 is 20.1 Å². The van der Waals surface area contributed by atoms with Crippen molar-refractivity contribution in [2.24, 2.45) is 0 Å². The zero-order chi connectivity index (χ0) is 15.0. The summed E-state index contributed by atoms with van der Waals surface area (Å²) in [6, 6.07) is 1.04. The summed E-state index contributed by atoms with van der Waals surface area (Å²) in [6.45, 7) is 1.10. The molecule has 1 aliphatic heterocycles. The van der Waals surface area contributed by atoms with Gasteiger partial charge in [0.05, 0.1) is 0 Å². The molecule has 9 nitrogen and oxygen atoms in total. The third kappa shape index (κ3) is 2.43. The molecule has 0 aromatic carbocycles. The van der Waals surface area contributed by atoms with Gasteiger partial charge in [-0.1, -0.05) is 0 Å². The van der Waals surface area contributed by atoms with Gasteiger partial charge in [0, 0.05) is 12.3 Å². The van der Waals surface area contributed by atoms with Crippen LogP contribution in [-0.4, -0.2) is 55.1 Å². The largest absolute Gasteiger partial charge is 0.387 e. The quantitative estimate of drug-likeness (QED) is 0.467. The van der Waals surface area contributed by atoms with E-state index >= 15 is 0 Å². The number of carbonyl (C=O) groups is 1. The molecule has 9 heteroatoms. The Hall–Kier alpha value is -1.81. The van der Waals surface area contributed by atoms with E-state index in [1.807, 2.05) is 4.98 Å². The molecule has 1 aromatic heterocycles. The summed E-state index contributed by atoms with van der Waals surface area (Å²) >= 11 is 0. The number of aromatic nitrogens is 2. The normalized spacial score (nSPS) is 31.2. The molecule has 0 bridgehead atoms. The van der Waals surface area contributed by atoms with Crippen molar-refractivity contribution in [2.45, 2.75) is 37.6 Å². The molecule has 0 amide bonds. The van der Waals surface area contributed by atoms with Crippen LogP contribution in [0, 0.1) is 0 Å². The number of H-pyrrole nitrogens is 1. The molecule has 5 atom stereocenters. The summed E-state index contributed by atoms with van der Waals surface area (Å²) in [5.74, 6) is -0.643. The predicted octanol–water partition coefficient (Wildman–Crippen LogP) is -2.89. The van der Waals surface area contributed by atoms with E-state index in [9.17, 15) is 29.7 Å². The van der Waals surface area contributed by atoms with Gasteiger partial charge >= 0.3 is 5.69 Å². The van der Waals surface area contributed by atoms with Crippen molar-refractivity contribution in [3.63, 3.8) is 0 Å². The SMILES string of the molecule is CC(=O)[C@H](O)[C@H]1O[C@@H](n2ccc(=O)[nH]c2=O)[C@H](O)[C@@H]1O. The maximum Gasteiger partial charge on any atom is 0.330 e. The second-order valence-corrected chi connectivity index (χ2v) is 4.55. The van der Waals surface area contributed by atoms with Crippen LogP contribution in [-0.2, 0) is 9.53 Å². The predicted molar refractivity (Wildman–Crippen MR) is 63.9 cm³/mol. The molecule has 0 radical (unpaired) electrons. The first-order valence-electron chi connectivity index (χ1n) is 5.84. The average Bonchev–Trinajstić information content (AvgIpc) is 2.66. The minimum atomic E-state index is -1.62. The second-order valence-electron chi connectivity index (χ2n) is 4.55. The molecule has 1 fully saturated rings. The highest BCUT2D eigenvalue weighted by Crippen LogP contribution is 2.30. The number of aromatic amines is 1. The molecule has 2 heterocycles. The Balaban J connectivity index is 2.33. The zero-order valence-corrected chi connectivity index (χ0v) is 10.5. The zero-order valence-electron chi connectivity index (χ0n) is 10.5. The van der Waals surface area contributed by atoms with Crippen LogP contribution < -0.4 is 11.2 Å². The highest BCUT2D eigenvalue weighted by atomic mass is 16.6. The van der Waals surface area contributed by atoms with Crippen molar-refractivity contribution >= 4 is 5.78 Å². The molecule has 1 saturated heterocycles. The van der Waals surface area contributed by atoms with E-state index in [0.29, 0.717) is 0 Å². The van der Waals surface area contributed by atoms with Crippen LogP contribution in [0.4, 0.5) is 0 Å². The lowest BCUT2D eigenvalue weighted by Gasteiger charge is -2.18. The Morgan fingerprint density at radius 1 is 1.40 bits per heavy atom. The van der Waals surface area contributed by atoms with E-state index in [2.05, 4.69) is 0 Å². The third-order valence-corrected chi connectivity index (χ3v) is 3.13. The third-order valence-electron chi connectivity index (χ3n) is 3.13. The number of nitrogens with one attached hydrogen (secondary N) is 1. The van der Waals surface area contributed by atoms with Crippen LogP contribution >= 0.6 is 0 Å². The fourth-order valence-corrected chi connectivity index (χ4v) is 2.04. The fraction of sp³-hybridized carbons (Fsp3) is 0.545. The Bertz CT molecular complexity index is 622. The van der Waals surface area contributed by atoms with Crippen LogP contribution in [0.2, 0.25) is 0 Å². The molecule has 20 heavy (non-hydrogen) atoms. The summed E-state index contributed by atoms with van der Waals surface area (Å²) in [4.78, 5) is 35.6. The lowest BCUT2D eigenvalue weighted by molar-refractivity contribution is -0.139. The van der Waals surface area contributed by atoms with Gasteiger partial charge in [-0.15, -0.1) is 0 Å². The van der Waals surface area contributed by atoms with Crippen molar-refractivity contribution in [2.75, 3.05) is 0 Å². The number of aliphatic hydroxyl groups excluding tert-OH is 3. The topological polar surface area (TPSA) is 142 Å². The molecule has 110 valence electrons. The average molecular weight is 286 g/mol. The van der Waals surface area contributed by atoms with Gasteiger partial charge in [0.25, 0.3) is 5.56 Å². The highest BCUT2D eigenvalue weighted by molar-refractivity contribution is 5.80. The van der Waals surface area contributed by atoms with Crippen molar-refractivity contribution in [3.8, 4) is 0 Å². The van der Waals surface area contributed by atoms with Crippen LogP contribution in [0.3, 0.4) is 0 Å². The molecular weight excluding hydrogens is 272 g/mol. The number of ether oxygens (including phenoxy) is 1. The van der Waals surface area contributed by atoms with E-state index in [-0.39, 0.29) is 0 Å². The molecule has 1 aliphatic rings. The standard InChI is InChI=1S/C11H14N2O7/c1-4(14)6(16)9-7(17)8(18)10(20-9)13-3-2-5(15)12-11(13)19/h2-3,6-10,16-18H,1H3,(H,12,15,19)/t6-,7-,8+,9+,10+/m0/s1. The number of rotatable bonds is 3. The van der Waals surface area contributed by atoms with Gasteiger partial charge in [0.1, 0.15) is 24.4 Å². The number of hydrogen-bond acceptors (Lipinski definition) is 7. The molecule has 0 spiro atoms. The van der Waals surface area contributed by atoms with Gasteiger partial charge in [-0.05, 0) is 6.92 Å².